The van der Waals surface area contributed by atoms with Crippen LogP contribution in [0.15, 0.2) is 106 Å². The van der Waals surface area contributed by atoms with Crippen molar-refractivity contribution < 1.29 is 13.2 Å². The topological polar surface area (TPSA) is 78.8 Å². The van der Waals surface area contributed by atoms with Crippen molar-refractivity contribution >= 4 is 39.2 Å². The first-order valence-corrected chi connectivity index (χ1v) is 12.9. The Bertz CT molecular complexity index is 1380. The number of sulfonamides is 1. The Labute approximate surface area is 203 Å². The van der Waals surface area contributed by atoms with Crippen LogP contribution >= 0.6 is 11.3 Å². The van der Waals surface area contributed by atoms with Crippen LogP contribution in [0.5, 0.6) is 0 Å². The lowest BCUT2D eigenvalue weighted by molar-refractivity contribution is 0.0956. The molecular formula is C26H23N3O3S2. The molecule has 0 bridgehead atoms. The summed E-state index contributed by atoms with van der Waals surface area (Å²) in [7, 11) is -3.96. The van der Waals surface area contributed by atoms with Gasteiger partial charge in [0.1, 0.15) is 0 Å². The number of rotatable bonds is 8. The summed E-state index contributed by atoms with van der Waals surface area (Å²) in [6.07, 6.45) is 1.55. The molecule has 0 fully saturated rings. The molecule has 6 nitrogen and oxygen atoms in total. The highest BCUT2D eigenvalue weighted by Gasteiger charge is 2.28. The molecule has 3 aromatic carbocycles. The standard InChI is InChI=1S/C26H23N3O3S2/c1-20-13-15-23(16-14-20)34(31,32)29(19-21-8-3-2-4-9-21)25-12-6-5-11-24(25)26(30)28-27-18-22-10-7-17-33-22/h2-18H,19H2,1H3,(H,28,30). The summed E-state index contributed by atoms with van der Waals surface area (Å²) in [5.41, 5.74) is 4.74. The first-order valence-electron chi connectivity index (χ1n) is 10.5. The number of para-hydroxylation sites is 1. The summed E-state index contributed by atoms with van der Waals surface area (Å²) in [6, 6.07) is 26.3. The zero-order valence-electron chi connectivity index (χ0n) is 18.5. The van der Waals surface area contributed by atoms with Crippen LogP contribution in [-0.2, 0) is 16.6 Å². The van der Waals surface area contributed by atoms with E-state index in [4.69, 9.17) is 0 Å². The molecule has 0 radical (unpaired) electrons. The number of thiophene rings is 1. The highest BCUT2D eigenvalue weighted by atomic mass is 32.2. The van der Waals surface area contributed by atoms with Crippen LogP contribution in [0.3, 0.4) is 0 Å². The first-order chi connectivity index (χ1) is 16.4. The predicted octanol–water partition coefficient (Wildman–Crippen LogP) is 5.22. The van der Waals surface area contributed by atoms with Gasteiger partial charge in [0.15, 0.2) is 0 Å². The molecule has 4 rings (SSSR count). The van der Waals surface area contributed by atoms with Gasteiger partial charge in [-0.05, 0) is 48.2 Å². The zero-order valence-corrected chi connectivity index (χ0v) is 20.1. The van der Waals surface area contributed by atoms with Crippen LogP contribution in [0.2, 0.25) is 0 Å². The largest absolute Gasteiger partial charge is 0.273 e. The molecule has 4 aromatic rings. The molecular weight excluding hydrogens is 466 g/mol. The van der Waals surface area contributed by atoms with Gasteiger partial charge in [-0.25, -0.2) is 13.8 Å². The van der Waals surface area contributed by atoms with Crippen LogP contribution in [0, 0.1) is 6.92 Å². The van der Waals surface area contributed by atoms with E-state index < -0.39 is 15.9 Å². The number of anilines is 1. The molecule has 172 valence electrons. The molecule has 0 atom stereocenters. The Kier molecular flexibility index (Phi) is 7.20. The van der Waals surface area contributed by atoms with Crippen LogP contribution in [-0.4, -0.2) is 20.5 Å². The summed E-state index contributed by atoms with van der Waals surface area (Å²) in [5.74, 6) is -0.499. The molecule has 0 aliphatic carbocycles. The Morgan fingerprint density at radius 2 is 1.65 bits per heavy atom. The van der Waals surface area contributed by atoms with Gasteiger partial charge in [-0.1, -0.05) is 66.2 Å². The second kappa shape index (κ2) is 10.5. The highest BCUT2D eigenvalue weighted by molar-refractivity contribution is 7.92. The van der Waals surface area contributed by atoms with Crippen LogP contribution in [0.4, 0.5) is 5.69 Å². The third-order valence-corrected chi connectivity index (χ3v) is 7.68. The lowest BCUT2D eigenvalue weighted by Gasteiger charge is -2.26. The van der Waals surface area contributed by atoms with Crippen LogP contribution in [0.1, 0.15) is 26.4 Å². The fourth-order valence-corrected chi connectivity index (χ4v) is 5.41. The molecule has 0 aliphatic heterocycles. The first kappa shape index (κ1) is 23.4. The van der Waals surface area contributed by atoms with Crippen LogP contribution < -0.4 is 9.73 Å². The molecule has 1 aromatic heterocycles. The number of benzene rings is 3. The van der Waals surface area contributed by atoms with Crippen molar-refractivity contribution in [2.24, 2.45) is 5.10 Å². The maximum atomic E-state index is 13.8. The third kappa shape index (κ3) is 5.41. The molecule has 1 heterocycles. The van der Waals surface area contributed by atoms with Gasteiger partial charge in [-0.15, -0.1) is 11.3 Å². The minimum absolute atomic E-state index is 0.0693. The summed E-state index contributed by atoms with van der Waals surface area (Å²) < 4.78 is 28.8. The van der Waals surface area contributed by atoms with Crippen molar-refractivity contribution in [3.63, 3.8) is 0 Å². The highest BCUT2D eigenvalue weighted by Crippen LogP contribution is 2.29. The summed E-state index contributed by atoms with van der Waals surface area (Å²) in [5, 5.41) is 5.94. The summed E-state index contributed by atoms with van der Waals surface area (Å²) >= 11 is 1.49. The van der Waals surface area contributed by atoms with E-state index in [2.05, 4.69) is 10.5 Å². The molecule has 0 unspecified atom stereocenters. The Balaban J connectivity index is 1.73. The van der Waals surface area contributed by atoms with E-state index in [0.717, 1.165) is 16.0 Å². The van der Waals surface area contributed by atoms with Gasteiger partial charge in [0, 0.05) is 4.88 Å². The average Bonchev–Trinajstić information content (AvgIpc) is 3.37. The lowest BCUT2D eigenvalue weighted by Crippen LogP contribution is -2.33. The van der Waals surface area contributed by atoms with E-state index in [9.17, 15) is 13.2 Å². The van der Waals surface area contributed by atoms with Gasteiger partial charge >= 0.3 is 0 Å². The van der Waals surface area contributed by atoms with E-state index in [1.54, 1.807) is 54.7 Å². The van der Waals surface area contributed by atoms with Crippen molar-refractivity contribution in [3.8, 4) is 0 Å². The number of hydrazone groups is 1. The van der Waals surface area contributed by atoms with Gasteiger partial charge in [-0.2, -0.15) is 5.10 Å². The monoisotopic (exact) mass is 489 g/mol. The lowest BCUT2D eigenvalue weighted by atomic mass is 10.1. The number of hydrogen-bond acceptors (Lipinski definition) is 5. The molecule has 0 aliphatic rings. The Hall–Kier alpha value is -3.75. The Morgan fingerprint density at radius 1 is 0.941 bits per heavy atom. The fraction of sp³-hybridized carbons (Fsp3) is 0.0769. The molecule has 1 amide bonds. The van der Waals surface area contributed by atoms with Gasteiger partial charge in [-0.3, -0.25) is 9.10 Å². The zero-order chi connectivity index (χ0) is 24.0. The van der Waals surface area contributed by atoms with E-state index >= 15 is 0 Å². The normalized spacial score (nSPS) is 11.4. The SMILES string of the molecule is Cc1ccc(S(=O)(=O)N(Cc2ccccc2)c2ccccc2C(=O)NN=Cc2cccs2)cc1. The minimum atomic E-state index is -3.96. The number of amides is 1. The molecule has 0 spiro atoms. The number of nitrogens with one attached hydrogen (secondary N) is 1. The van der Waals surface area contributed by atoms with Gasteiger partial charge in [0.2, 0.25) is 0 Å². The van der Waals surface area contributed by atoms with Crippen molar-refractivity contribution in [3.05, 3.63) is 118 Å². The maximum absolute atomic E-state index is 13.8. The van der Waals surface area contributed by atoms with E-state index in [1.165, 1.54) is 15.6 Å². The fourth-order valence-electron chi connectivity index (χ4n) is 3.35. The third-order valence-electron chi connectivity index (χ3n) is 5.10. The molecule has 8 heteroatoms. The van der Waals surface area contributed by atoms with E-state index in [1.807, 2.05) is 54.8 Å². The maximum Gasteiger partial charge on any atom is 0.273 e. The van der Waals surface area contributed by atoms with Gasteiger partial charge < -0.3 is 0 Å². The predicted molar refractivity (Wildman–Crippen MR) is 137 cm³/mol. The number of aryl methyl sites for hydroxylation is 1. The quantitative estimate of drug-likeness (QED) is 0.272. The van der Waals surface area contributed by atoms with Gasteiger partial charge in [0.25, 0.3) is 15.9 Å². The second-order valence-electron chi connectivity index (χ2n) is 7.54. The number of carbonyl (C=O) groups excluding carboxylic acids is 1. The van der Waals surface area contributed by atoms with E-state index in [-0.39, 0.29) is 22.7 Å². The Morgan fingerprint density at radius 3 is 2.35 bits per heavy atom. The molecule has 1 N–H and O–H groups in total. The summed E-state index contributed by atoms with van der Waals surface area (Å²) in [4.78, 5) is 14.1. The van der Waals surface area contributed by atoms with Crippen molar-refractivity contribution in [1.82, 2.24) is 5.43 Å². The second-order valence-corrected chi connectivity index (χ2v) is 10.4. The van der Waals surface area contributed by atoms with Crippen molar-refractivity contribution in [2.45, 2.75) is 18.4 Å². The van der Waals surface area contributed by atoms with Crippen LogP contribution in [0.25, 0.3) is 0 Å². The summed E-state index contributed by atoms with van der Waals surface area (Å²) in [6.45, 7) is 1.97. The molecule has 0 saturated heterocycles. The van der Waals surface area contributed by atoms with Gasteiger partial charge in [0.05, 0.1) is 28.9 Å². The number of nitrogens with zero attached hydrogens (tertiary/aromatic N) is 2. The number of hydrogen-bond donors (Lipinski definition) is 1. The average molecular weight is 490 g/mol. The number of carbonyl (C=O) groups is 1. The molecule has 0 saturated carbocycles. The molecule has 34 heavy (non-hydrogen) atoms. The van der Waals surface area contributed by atoms with Crippen molar-refractivity contribution in [2.75, 3.05) is 4.31 Å². The smallest absolute Gasteiger partial charge is 0.267 e. The van der Waals surface area contributed by atoms with E-state index in [0.29, 0.717) is 0 Å². The van der Waals surface area contributed by atoms with Crippen molar-refractivity contribution in [1.29, 1.82) is 0 Å². The minimum Gasteiger partial charge on any atom is -0.267 e.